The van der Waals surface area contributed by atoms with Gasteiger partial charge in [0, 0.05) is 6.10 Å². The Hall–Kier alpha value is -1.28. The molecule has 0 N–H and O–H groups in total. The summed E-state index contributed by atoms with van der Waals surface area (Å²) >= 11 is 0. The van der Waals surface area contributed by atoms with Crippen molar-refractivity contribution in [2.45, 2.75) is 104 Å². The van der Waals surface area contributed by atoms with Gasteiger partial charge in [-0.15, -0.1) is 10.2 Å². The third kappa shape index (κ3) is 4.89. The lowest BCUT2D eigenvalue weighted by Gasteiger charge is -2.49. The van der Waals surface area contributed by atoms with Crippen molar-refractivity contribution in [1.82, 2.24) is 20.2 Å². The van der Waals surface area contributed by atoms with E-state index < -0.39 is 14.3 Å². The standard InChI is InChI=1S/C23H42N4O3Si/c1-9-29-21(28)20-24-26-27(25-20)15-16(2)17-12-13-18-19(11-10-14-23(17,18)6)30-31(7,8)22(3,4)5/h16-19H,9-15H2,1-8H3/t16-,17?,18+,19+,23-/m1/s1. The van der Waals surface area contributed by atoms with E-state index in [4.69, 9.17) is 9.16 Å². The van der Waals surface area contributed by atoms with Crippen molar-refractivity contribution in [2.75, 3.05) is 6.61 Å². The minimum Gasteiger partial charge on any atom is -0.460 e. The summed E-state index contributed by atoms with van der Waals surface area (Å²) in [5.41, 5.74) is 0.287. The van der Waals surface area contributed by atoms with Crippen molar-refractivity contribution >= 4 is 14.3 Å². The summed E-state index contributed by atoms with van der Waals surface area (Å²) in [6, 6.07) is 0. The van der Waals surface area contributed by atoms with Gasteiger partial charge in [-0.3, -0.25) is 0 Å². The predicted molar refractivity (Wildman–Crippen MR) is 123 cm³/mol. The first-order valence-corrected chi connectivity index (χ1v) is 14.9. The smallest absolute Gasteiger partial charge is 0.380 e. The molecule has 7 nitrogen and oxygen atoms in total. The largest absolute Gasteiger partial charge is 0.460 e. The molecule has 2 aliphatic rings. The number of tetrazole rings is 1. The minimum absolute atomic E-state index is 0.0464. The lowest BCUT2D eigenvalue weighted by Crippen LogP contribution is -2.50. The first-order valence-electron chi connectivity index (χ1n) is 12.0. The number of esters is 1. The molecule has 2 saturated carbocycles. The zero-order valence-electron chi connectivity index (χ0n) is 20.8. The second-order valence-corrected chi connectivity index (χ2v) is 16.2. The zero-order valence-corrected chi connectivity index (χ0v) is 21.8. The van der Waals surface area contributed by atoms with Gasteiger partial charge in [-0.25, -0.2) is 4.79 Å². The van der Waals surface area contributed by atoms with Gasteiger partial charge in [0.1, 0.15) is 0 Å². The van der Waals surface area contributed by atoms with Crippen LogP contribution >= 0.6 is 0 Å². The van der Waals surface area contributed by atoms with Crippen LogP contribution in [-0.4, -0.2) is 47.2 Å². The van der Waals surface area contributed by atoms with Crippen LogP contribution in [0.5, 0.6) is 0 Å². The van der Waals surface area contributed by atoms with Gasteiger partial charge in [-0.1, -0.05) is 41.0 Å². The maximum Gasteiger partial charge on any atom is 0.380 e. The van der Waals surface area contributed by atoms with E-state index >= 15 is 0 Å². The number of nitrogens with zero attached hydrogens (tertiary/aromatic N) is 4. The van der Waals surface area contributed by atoms with E-state index in [1.54, 1.807) is 11.7 Å². The molecule has 1 aromatic heterocycles. The Labute approximate surface area is 188 Å². The quantitative estimate of drug-likeness (QED) is 0.425. The van der Waals surface area contributed by atoms with E-state index in [1.807, 2.05) is 0 Å². The van der Waals surface area contributed by atoms with E-state index in [2.05, 4.69) is 63.1 Å². The molecule has 5 atom stereocenters. The molecular weight excluding hydrogens is 408 g/mol. The first-order chi connectivity index (χ1) is 14.4. The number of hydrogen-bond acceptors (Lipinski definition) is 6. The fourth-order valence-electron chi connectivity index (χ4n) is 5.77. The Bertz CT molecular complexity index is 775. The Balaban J connectivity index is 1.69. The van der Waals surface area contributed by atoms with E-state index in [0.29, 0.717) is 37.0 Å². The summed E-state index contributed by atoms with van der Waals surface area (Å²) in [5, 5.41) is 12.5. The van der Waals surface area contributed by atoms with Gasteiger partial charge in [-0.05, 0) is 79.1 Å². The highest BCUT2D eigenvalue weighted by atomic mass is 28.4. The van der Waals surface area contributed by atoms with Gasteiger partial charge in [0.05, 0.1) is 13.2 Å². The van der Waals surface area contributed by atoms with Crippen LogP contribution in [0.2, 0.25) is 18.1 Å². The number of carbonyl (C=O) groups is 1. The molecule has 0 spiro atoms. The normalized spacial score (nSPS) is 30.1. The van der Waals surface area contributed by atoms with Crippen LogP contribution in [-0.2, 0) is 15.7 Å². The molecule has 0 amide bonds. The predicted octanol–water partition coefficient (Wildman–Crippen LogP) is 5.09. The maximum absolute atomic E-state index is 11.8. The fraction of sp³-hybridized carbons (Fsp3) is 0.913. The molecular formula is C23H42N4O3Si. The van der Waals surface area contributed by atoms with E-state index in [9.17, 15) is 4.79 Å². The maximum atomic E-state index is 11.8. The summed E-state index contributed by atoms with van der Waals surface area (Å²) < 4.78 is 11.9. The Kier molecular flexibility index (Phi) is 7.01. The molecule has 176 valence electrons. The third-order valence-corrected chi connectivity index (χ3v) is 12.9. The molecule has 2 fully saturated rings. The van der Waals surface area contributed by atoms with Crippen molar-refractivity contribution in [3.63, 3.8) is 0 Å². The van der Waals surface area contributed by atoms with Crippen LogP contribution in [0.1, 0.15) is 84.3 Å². The summed E-state index contributed by atoms with van der Waals surface area (Å²) in [6.07, 6.45) is 6.55. The second kappa shape index (κ2) is 8.93. The molecule has 0 aliphatic heterocycles. The van der Waals surface area contributed by atoms with E-state index in [1.165, 1.54) is 32.1 Å². The molecule has 1 heterocycles. The highest BCUT2D eigenvalue weighted by Gasteiger charge is 2.54. The minimum atomic E-state index is -1.79. The number of aromatic nitrogens is 4. The van der Waals surface area contributed by atoms with Crippen LogP contribution in [0.3, 0.4) is 0 Å². The molecule has 31 heavy (non-hydrogen) atoms. The Morgan fingerprint density at radius 3 is 2.65 bits per heavy atom. The molecule has 3 rings (SSSR count). The Morgan fingerprint density at radius 2 is 2.00 bits per heavy atom. The SMILES string of the molecule is CCOC(=O)c1nnn(C[C@@H](C)C2CC[C@H]3[C@@H](O[Si](C)(C)C(C)(C)C)CCC[C@]23C)n1. The molecule has 2 aliphatic carbocycles. The molecule has 0 radical (unpaired) electrons. The average Bonchev–Trinajstić information content (AvgIpc) is 3.25. The van der Waals surface area contributed by atoms with Crippen molar-refractivity contribution in [3.8, 4) is 0 Å². The molecule has 0 aromatic carbocycles. The molecule has 0 bridgehead atoms. The number of rotatable bonds is 7. The third-order valence-electron chi connectivity index (χ3n) is 8.44. The summed E-state index contributed by atoms with van der Waals surface area (Å²) in [4.78, 5) is 13.4. The van der Waals surface area contributed by atoms with Gasteiger partial charge in [0.25, 0.3) is 5.82 Å². The fourth-order valence-corrected chi connectivity index (χ4v) is 7.17. The van der Waals surface area contributed by atoms with Crippen LogP contribution in [0.15, 0.2) is 0 Å². The van der Waals surface area contributed by atoms with Crippen molar-refractivity contribution in [3.05, 3.63) is 5.82 Å². The van der Waals surface area contributed by atoms with Gasteiger partial charge in [0.2, 0.25) is 0 Å². The Morgan fingerprint density at radius 1 is 1.29 bits per heavy atom. The zero-order chi connectivity index (χ0) is 23.0. The van der Waals surface area contributed by atoms with Crippen molar-refractivity contribution < 1.29 is 14.0 Å². The monoisotopic (exact) mass is 450 g/mol. The highest BCUT2D eigenvalue weighted by Crippen LogP contribution is 2.59. The summed E-state index contributed by atoms with van der Waals surface area (Å²) in [6.45, 7) is 19.3. The lowest BCUT2D eigenvalue weighted by atomic mass is 9.62. The molecule has 1 aromatic rings. The highest BCUT2D eigenvalue weighted by molar-refractivity contribution is 6.74. The lowest BCUT2D eigenvalue weighted by molar-refractivity contribution is -0.0226. The van der Waals surface area contributed by atoms with Crippen molar-refractivity contribution in [2.24, 2.45) is 23.2 Å². The number of fused-ring (bicyclic) bond motifs is 1. The number of hydrogen-bond donors (Lipinski definition) is 0. The first kappa shape index (κ1) is 24.4. The second-order valence-electron chi connectivity index (χ2n) is 11.5. The summed E-state index contributed by atoms with van der Waals surface area (Å²) in [5.74, 6) is 1.17. The van der Waals surface area contributed by atoms with E-state index in [-0.39, 0.29) is 16.3 Å². The number of carbonyl (C=O) groups excluding carboxylic acids is 1. The van der Waals surface area contributed by atoms with Crippen LogP contribution in [0, 0.1) is 23.2 Å². The molecule has 8 heteroatoms. The van der Waals surface area contributed by atoms with Crippen LogP contribution in [0.4, 0.5) is 0 Å². The van der Waals surface area contributed by atoms with Crippen molar-refractivity contribution in [1.29, 1.82) is 0 Å². The number of ether oxygens (including phenoxy) is 1. The van der Waals surface area contributed by atoms with Crippen LogP contribution < -0.4 is 0 Å². The van der Waals surface area contributed by atoms with Gasteiger partial charge < -0.3 is 9.16 Å². The molecule has 1 unspecified atom stereocenters. The van der Waals surface area contributed by atoms with E-state index in [0.717, 1.165) is 0 Å². The van der Waals surface area contributed by atoms with Gasteiger partial charge in [-0.2, -0.15) is 4.80 Å². The van der Waals surface area contributed by atoms with Gasteiger partial charge >= 0.3 is 5.97 Å². The molecule has 0 saturated heterocycles. The topological polar surface area (TPSA) is 79.1 Å². The summed E-state index contributed by atoms with van der Waals surface area (Å²) in [7, 11) is -1.79. The average molecular weight is 451 g/mol. The van der Waals surface area contributed by atoms with Gasteiger partial charge in [0.15, 0.2) is 8.32 Å². The van der Waals surface area contributed by atoms with Crippen LogP contribution in [0.25, 0.3) is 0 Å².